The molecule has 5 aromatic rings. The van der Waals surface area contributed by atoms with Gasteiger partial charge in [-0.05, 0) is 23.8 Å². The number of thiazole rings is 1. The summed E-state index contributed by atoms with van der Waals surface area (Å²) in [5, 5.41) is 1.11. The molecular formula is C25H17N3O5S. The molecular weight excluding hydrogens is 454 g/mol. The third kappa shape index (κ3) is 3.65. The van der Waals surface area contributed by atoms with Crippen LogP contribution < -0.4 is 20.0 Å². The summed E-state index contributed by atoms with van der Waals surface area (Å²) >= 11 is 1.34. The molecule has 9 heteroatoms. The highest BCUT2D eigenvalue weighted by atomic mass is 32.1. The van der Waals surface area contributed by atoms with E-state index in [0.29, 0.717) is 46.3 Å². The van der Waals surface area contributed by atoms with Crippen LogP contribution in [0.3, 0.4) is 0 Å². The molecule has 1 aliphatic heterocycles. The van der Waals surface area contributed by atoms with Gasteiger partial charge in [-0.15, -0.1) is 0 Å². The first kappa shape index (κ1) is 20.4. The van der Waals surface area contributed by atoms with Gasteiger partial charge in [-0.1, -0.05) is 35.6 Å². The number of aromatic nitrogens is 2. The Balaban J connectivity index is 1.46. The zero-order valence-electron chi connectivity index (χ0n) is 17.8. The molecule has 6 rings (SSSR count). The molecule has 2 aromatic carbocycles. The number of benzene rings is 2. The van der Waals surface area contributed by atoms with Crippen molar-refractivity contribution in [2.45, 2.75) is 6.54 Å². The van der Waals surface area contributed by atoms with Gasteiger partial charge in [-0.3, -0.25) is 14.7 Å². The third-order valence-electron chi connectivity index (χ3n) is 5.45. The van der Waals surface area contributed by atoms with Crippen LogP contribution in [0.25, 0.3) is 21.2 Å². The minimum Gasteiger partial charge on any atom is -0.486 e. The van der Waals surface area contributed by atoms with Crippen molar-refractivity contribution < 1.29 is 18.7 Å². The minimum atomic E-state index is -0.696. The molecule has 3 aromatic heterocycles. The molecule has 0 saturated carbocycles. The Kier molecular flexibility index (Phi) is 4.96. The predicted molar refractivity (Wildman–Crippen MR) is 128 cm³/mol. The first-order valence-electron chi connectivity index (χ1n) is 10.6. The number of para-hydroxylation sites is 1. The number of nitrogens with zero attached hydrogens (tertiary/aromatic N) is 3. The maximum atomic E-state index is 13.7. The Hall–Kier alpha value is -4.24. The molecule has 0 fully saturated rings. The SMILES string of the molecule is O=C(c1cc2ccccc2oc1=O)N(Cc1cccnc1)c1nc2cc3c(cc2s1)OCCO3. The summed E-state index contributed by atoms with van der Waals surface area (Å²) in [6.45, 7) is 1.14. The molecule has 0 unspecified atom stereocenters. The second-order valence-corrected chi connectivity index (χ2v) is 8.71. The lowest BCUT2D eigenvalue weighted by Gasteiger charge is -2.19. The number of carbonyl (C=O) groups is 1. The van der Waals surface area contributed by atoms with Gasteiger partial charge in [-0.2, -0.15) is 0 Å². The van der Waals surface area contributed by atoms with Crippen LogP contribution in [0.1, 0.15) is 15.9 Å². The molecule has 0 atom stereocenters. The number of rotatable bonds is 4. The van der Waals surface area contributed by atoms with Crippen LogP contribution in [0.5, 0.6) is 11.5 Å². The van der Waals surface area contributed by atoms with Gasteiger partial charge in [0.2, 0.25) is 0 Å². The Morgan fingerprint density at radius 3 is 2.68 bits per heavy atom. The maximum Gasteiger partial charge on any atom is 0.349 e. The van der Waals surface area contributed by atoms with Gasteiger partial charge < -0.3 is 13.9 Å². The summed E-state index contributed by atoms with van der Waals surface area (Å²) in [6, 6.07) is 16.0. The maximum absolute atomic E-state index is 13.7. The Bertz CT molecular complexity index is 1550. The molecule has 0 aliphatic carbocycles. The van der Waals surface area contributed by atoms with Gasteiger partial charge in [0.25, 0.3) is 5.91 Å². The van der Waals surface area contributed by atoms with E-state index in [1.807, 2.05) is 18.2 Å². The van der Waals surface area contributed by atoms with Crippen molar-refractivity contribution in [1.82, 2.24) is 9.97 Å². The first-order valence-corrected chi connectivity index (χ1v) is 11.4. The van der Waals surface area contributed by atoms with Crippen molar-refractivity contribution in [2.24, 2.45) is 0 Å². The van der Waals surface area contributed by atoms with Crippen molar-refractivity contribution in [3.05, 3.63) is 88.5 Å². The highest BCUT2D eigenvalue weighted by molar-refractivity contribution is 7.22. The Labute approximate surface area is 197 Å². The average molecular weight is 471 g/mol. The molecule has 8 nitrogen and oxygen atoms in total. The molecule has 168 valence electrons. The highest BCUT2D eigenvalue weighted by Gasteiger charge is 2.26. The number of amides is 1. The Morgan fingerprint density at radius 2 is 1.85 bits per heavy atom. The molecule has 4 heterocycles. The number of pyridine rings is 1. The molecule has 0 N–H and O–H groups in total. The summed E-state index contributed by atoms with van der Waals surface area (Å²) in [5.74, 6) is 0.768. The second kappa shape index (κ2) is 8.27. The van der Waals surface area contributed by atoms with Crippen LogP contribution in [0, 0.1) is 0 Å². The van der Waals surface area contributed by atoms with E-state index in [-0.39, 0.29) is 12.1 Å². The van der Waals surface area contributed by atoms with Gasteiger partial charge in [0.1, 0.15) is 24.4 Å². The van der Waals surface area contributed by atoms with Gasteiger partial charge in [0.05, 0.1) is 16.8 Å². The minimum absolute atomic E-state index is 0.0622. The molecule has 0 spiro atoms. The van der Waals surface area contributed by atoms with E-state index < -0.39 is 11.5 Å². The molecule has 1 amide bonds. The number of fused-ring (bicyclic) bond motifs is 3. The topological polar surface area (TPSA) is 94.8 Å². The monoisotopic (exact) mass is 471 g/mol. The van der Waals surface area contributed by atoms with Crippen molar-refractivity contribution in [2.75, 3.05) is 18.1 Å². The standard InChI is InChI=1S/C25H17N3O5S/c29-23(17-10-16-5-1-2-6-19(16)33-24(17)30)28(14-15-4-3-7-26-13-15)25-27-18-11-20-21(12-22(18)34-25)32-9-8-31-20/h1-7,10-13H,8-9,14H2. The largest absolute Gasteiger partial charge is 0.486 e. The van der Waals surface area contributed by atoms with E-state index in [2.05, 4.69) is 4.98 Å². The number of hydrogen-bond acceptors (Lipinski definition) is 8. The van der Waals surface area contributed by atoms with Crippen molar-refractivity contribution in [3.63, 3.8) is 0 Å². The van der Waals surface area contributed by atoms with Gasteiger partial charge in [0, 0.05) is 29.9 Å². The van der Waals surface area contributed by atoms with E-state index in [1.165, 1.54) is 16.2 Å². The summed E-state index contributed by atoms with van der Waals surface area (Å²) in [7, 11) is 0. The van der Waals surface area contributed by atoms with Crippen molar-refractivity contribution >= 4 is 43.6 Å². The number of carbonyl (C=O) groups excluding carboxylic acids is 1. The molecule has 0 bridgehead atoms. The third-order valence-corrected chi connectivity index (χ3v) is 6.49. The zero-order chi connectivity index (χ0) is 23.1. The van der Waals surface area contributed by atoms with Crippen LogP contribution in [-0.2, 0) is 6.54 Å². The number of anilines is 1. The van der Waals surface area contributed by atoms with E-state index in [9.17, 15) is 9.59 Å². The highest BCUT2D eigenvalue weighted by Crippen LogP contribution is 2.39. The molecule has 0 saturated heterocycles. The first-order chi connectivity index (χ1) is 16.7. The predicted octanol–water partition coefficient (Wildman–Crippen LogP) is 4.42. The van der Waals surface area contributed by atoms with Crippen LogP contribution in [0.15, 0.2) is 76.2 Å². The van der Waals surface area contributed by atoms with Crippen LogP contribution >= 0.6 is 11.3 Å². The van der Waals surface area contributed by atoms with Gasteiger partial charge in [0.15, 0.2) is 16.6 Å². The lowest BCUT2D eigenvalue weighted by molar-refractivity contribution is 0.0981. The van der Waals surface area contributed by atoms with E-state index in [1.54, 1.807) is 48.8 Å². The summed E-state index contributed by atoms with van der Waals surface area (Å²) < 4.78 is 17.6. The van der Waals surface area contributed by atoms with Crippen molar-refractivity contribution in [1.29, 1.82) is 0 Å². The van der Waals surface area contributed by atoms with E-state index >= 15 is 0 Å². The number of ether oxygens (including phenoxy) is 2. The van der Waals surface area contributed by atoms with Gasteiger partial charge in [-0.25, -0.2) is 9.78 Å². The Morgan fingerprint density at radius 1 is 1.03 bits per heavy atom. The molecule has 0 radical (unpaired) electrons. The lowest BCUT2D eigenvalue weighted by Crippen LogP contribution is -2.33. The fourth-order valence-electron chi connectivity index (χ4n) is 3.83. The summed E-state index contributed by atoms with van der Waals surface area (Å²) in [6.07, 6.45) is 3.34. The van der Waals surface area contributed by atoms with Crippen LogP contribution in [0.4, 0.5) is 5.13 Å². The lowest BCUT2D eigenvalue weighted by atomic mass is 10.1. The summed E-state index contributed by atoms with van der Waals surface area (Å²) in [4.78, 5) is 36.8. The zero-order valence-corrected chi connectivity index (χ0v) is 18.6. The van der Waals surface area contributed by atoms with Crippen LogP contribution in [-0.4, -0.2) is 29.1 Å². The smallest absolute Gasteiger partial charge is 0.349 e. The normalized spacial score (nSPS) is 12.7. The fraction of sp³-hybridized carbons (Fsp3) is 0.120. The second-order valence-electron chi connectivity index (χ2n) is 7.70. The van der Waals surface area contributed by atoms with Crippen molar-refractivity contribution in [3.8, 4) is 11.5 Å². The fourth-order valence-corrected chi connectivity index (χ4v) is 4.80. The number of hydrogen-bond donors (Lipinski definition) is 0. The van der Waals surface area contributed by atoms with E-state index in [0.717, 1.165) is 10.3 Å². The average Bonchev–Trinajstić information content (AvgIpc) is 3.28. The molecule has 1 aliphatic rings. The van der Waals surface area contributed by atoms with E-state index in [4.69, 9.17) is 18.9 Å². The molecule has 34 heavy (non-hydrogen) atoms. The van der Waals surface area contributed by atoms with Crippen LogP contribution in [0.2, 0.25) is 0 Å². The summed E-state index contributed by atoms with van der Waals surface area (Å²) in [5.41, 5.74) is 1.14. The quantitative estimate of drug-likeness (QED) is 0.358. The van der Waals surface area contributed by atoms with Gasteiger partial charge >= 0.3 is 5.63 Å².